The Morgan fingerprint density at radius 1 is 1.62 bits per heavy atom. The number of hydrogen-bond donors (Lipinski definition) is 1. The van der Waals surface area contributed by atoms with E-state index in [0.717, 1.165) is 19.6 Å². The van der Waals surface area contributed by atoms with E-state index in [2.05, 4.69) is 35.6 Å². The van der Waals surface area contributed by atoms with Crippen LogP contribution in [0.25, 0.3) is 0 Å². The topological polar surface area (TPSA) is 15.3 Å². The Bertz CT molecular complexity index is 282. The lowest BCUT2D eigenvalue weighted by molar-refractivity contribution is 0.205. The van der Waals surface area contributed by atoms with Crippen LogP contribution in [0.3, 0.4) is 0 Å². The number of rotatable bonds is 1. The number of piperazine rings is 1. The molecular formula is C10H16N2S. The van der Waals surface area contributed by atoms with E-state index >= 15 is 0 Å². The second kappa shape index (κ2) is 3.78. The standard InChI is InChI=1S/C10H16N2S/c1-8-5-10(13-7-8)9-6-11-3-4-12(9)2/h5,7,9,11H,3-4,6H2,1-2H3. The molecule has 2 heterocycles. The van der Waals surface area contributed by atoms with Gasteiger partial charge in [-0.25, -0.2) is 0 Å². The van der Waals surface area contributed by atoms with Gasteiger partial charge in [-0.05, 0) is 31.0 Å². The second-order valence-corrected chi connectivity index (χ2v) is 4.67. The minimum atomic E-state index is 0.590. The fraction of sp³-hybridized carbons (Fsp3) is 0.600. The summed E-state index contributed by atoms with van der Waals surface area (Å²) in [4.78, 5) is 3.93. The molecule has 0 spiro atoms. The Labute approximate surface area is 83.6 Å². The van der Waals surface area contributed by atoms with Gasteiger partial charge >= 0.3 is 0 Å². The van der Waals surface area contributed by atoms with E-state index in [1.54, 1.807) is 0 Å². The molecule has 1 saturated heterocycles. The van der Waals surface area contributed by atoms with Crippen molar-refractivity contribution in [1.82, 2.24) is 10.2 Å². The highest BCUT2D eigenvalue weighted by Gasteiger charge is 2.21. The third-order valence-electron chi connectivity index (χ3n) is 2.59. The Hall–Kier alpha value is -0.380. The van der Waals surface area contributed by atoms with Crippen molar-refractivity contribution in [3.63, 3.8) is 0 Å². The number of thiophene rings is 1. The first-order valence-corrected chi connectivity index (χ1v) is 5.61. The maximum Gasteiger partial charge on any atom is 0.0564 e. The van der Waals surface area contributed by atoms with Crippen LogP contribution in [0.5, 0.6) is 0 Å². The van der Waals surface area contributed by atoms with Crippen molar-refractivity contribution in [2.75, 3.05) is 26.7 Å². The number of nitrogens with zero attached hydrogens (tertiary/aromatic N) is 1. The van der Waals surface area contributed by atoms with Gasteiger partial charge in [-0.2, -0.15) is 0 Å². The number of aryl methyl sites for hydroxylation is 1. The zero-order valence-electron chi connectivity index (χ0n) is 8.21. The highest BCUT2D eigenvalue weighted by atomic mass is 32.1. The SMILES string of the molecule is Cc1csc(C2CNCCN2C)c1. The third-order valence-corrected chi connectivity index (χ3v) is 3.74. The summed E-state index contributed by atoms with van der Waals surface area (Å²) in [6, 6.07) is 2.89. The van der Waals surface area contributed by atoms with Crippen LogP contribution < -0.4 is 5.32 Å². The van der Waals surface area contributed by atoms with E-state index < -0.39 is 0 Å². The fourth-order valence-electron chi connectivity index (χ4n) is 1.75. The van der Waals surface area contributed by atoms with Gasteiger partial charge in [-0.1, -0.05) is 0 Å². The molecule has 0 aromatic carbocycles. The van der Waals surface area contributed by atoms with Crippen molar-refractivity contribution in [3.05, 3.63) is 21.9 Å². The van der Waals surface area contributed by atoms with Crippen LogP contribution in [0.4, 0.5) is 0 Å². The predicted molar refractivity (Wildman–Crippen MR) is 57.3 cm³/mol. The van der Waals surface area contributed by atoms with Crippen LogP contribution in [0.2, 0.25) is 0 Å². The van der Waals surface area contributed by atoms with Crippen molar-refractivity contribution >= 4 is 11.3 Å². The van der Waals surface area contributed by atoms with E-state index in [9.17, 15) is 0 Å². The Morgan fingerprint density at radius 3 is 3.08 bits per heavy atom. The third kappa shape index (κ3) is 1.93. The summed E-state index contributed by atoms with van der Waals surface area (Å²) in [5.41, 5.74) is 1.39. The van der Waals surface area contributed by atoms with E-state index in [0.29, 0.717) is 6.04 Å². The molecule has 1 unspecified atom stereocenters. The molecule has 1 aromatic rings. The molecule has 0 amide bonds. The molecule has 1 aliphatic rings. The molecule has 2 nitrogen and oxygen atoms in total. The van der Waals surface area contributed by atoms with Crippen LogP contribution in [-0.4, -0.2) is 31.6 Å². The van der Waals surface area contributed by atoms with Crippen LogP contribution in [-0.2, 0) is 0 Å². The first-order chi connectivity index (χ1) is 6.27. The maximum absolute atomic E-state index is 3.44. The first kappa shape index (κ1) is 9.19. The normalized spacial score (nSPS) is 24.9. The Balaban J connectivity index is 2.14. The molecule has 1 aromatic heterocycles. The molecule has 72 valence electrons. The van der Waals surface area contributed by atoms with Crippen LogP contribution in [0.1, 0.15) is 16.5 Å². The summed E-state index contributed by atoms with van der Waals surface area (Å²) in [6.45, 7) is 5.53. The van der Waals surface area contributed by atoms with Gasteiger partial charge in [0.1, 0.15) is 0 Å². The van der Waals surface area contributed by atoms with Gasteiger partial charge < -0.3 is 5.32 Å². The van der Waals surface area contributed by atoms with E-state index in [1.165, 1.54) is 10.4 Å². The predicted octanol–water partition coefficient (Wildman–Crippen LogP) is 1.63. The van der Waals surface area contributed by atoms with Crippen molar-refractivity contribution in [2.45, 2.75) is 13.0 Å². The van der Waals surface area contributed by atoms with E-state index in [1.807, 2.05) is 11.3 Å². The zero-order chi connectivity index (χ0) is 9.26. The largest absolute Gasteiger partial charge is 0.314 e. The van der Waals surface area contributed by atoms with Gasteiger partial charge in [0.15, 0.2) is 0 Å². The molecule has 1 aliphatic heterocycles. The monoisotopic (exact) mass is 196 g/mol. The molecule has 0 saturated carbocycles. The minimum absolute atomic E-state index is 0.590. The highest BCUT2D eigenvalue weighted by molar-refractivity contribution is 7.10. The molecule has 0 bridgehead atoms. The first-order valence-electron chi connectivity index (χ1n) is 4.73. The summed E-state index contributed by atoms with van der Waals surface area (Å²) in [5.74, 6) is 0. The number of nitrogens with one attached hydrogen (secondary N) is 1. The van der Waals surface area contributed by atoms with Crippen LogP contribution in [0.15, 0.2) is 11.4 Å². The van der Waals surface area contributed by atoms with Crippen LogP contribution in [0, 0.1) is 6.92 Å². The van der Waals surface area contributed by atoms with Crippen molar-refractivity contribution in [2.24, 2.45) is 0 Å². The van der Waals surface area contributed by atoms with Crippen molar-refractivity contribution < 1.29 is 0 Å². The minimum Gasteiger partial charge on any atom is -0.314 e. The summed E-state index contributed by atoms with van der Waals surface area (Å²) in [6.07, 6.45) is 0. The number of hydrogen-bond acceptors (Lipinski definition) is 3. The molecular weight excluding hydrogens is 180 g/mol. The van der Waals surface area contributed by atoms with Gasteiger partial charge in [0, 0.05) is 24.5 Å². The maximum atomic E-state index is 3.44. The lowest BCUT2D eigenvalue weighted by Crippen LogP contribution is -2.43. The van der Waals surface area contributed by atoms with Crippen LogP contribution >= 0.6 is 11.3 Å². The summed E-state index contributed by atoms with van der Waals surface area (Å²) in [7, 11) is 2.21. The summed E-state index contributed by atoms with van der Waals surface area (Å²) < 4.78 is 0. The lowest BCUT2D eigenvalue weighted by atomic mass is 10.1. The molecule has 0 aliphatic carbocycles. The summed E-state index contributed by atoms with van der Waals surface area (Å²) >= 11 is 1.88. The average molecular weight is 196 g/mol. The highest BCUT2D eigenvalue weighted by Crippen LogP contribution is 2.26. The van der Waals surface area contributed by atoms with E-state index in [-0.39, 0.29) is 0 Å². The lowest BCUT2D eigenvalue weighted by Gasteiger charge is -2.32. The molecule has 2 rings (SSSR count). The van der Waals surface area contributed by atoms with Gasteiger partial charge in [0.2, 0.25) is 0 Å². The quantitative estimate of drug-likeness (QED) is 0.734. The van der Waals surface area contributed by atoms with Crippen molar-refractivity contribution in [1.29, 1.82) is 0 Å². The smallest absolute Gasteiger partial charge is 0.0564 e. The molecule has 1 N–H and O–H groups in total. The van der Waals surface area contributed by atoms with E-state index in [4.69, 9.17) is 0 Å². The molecule has 1 atom stereocenters. The molecule has 1 fully saturated rings. The number of likely N-dealkylation sites (N-methyl/N-ethyl adjacent to an activating group) is 1. The molecule has 3 heteroatoms. The molecule has 0 radical (unpaired) electrons. The van der Waals surface area contributed by atoms with Crippen molar-refractivity contribution in [3.8, 4) is 0 Å². The van der Waals surface area contributed by atoms with Gasteiger partial charge in [0.25, 0.3) is 0 Å². The molecule has 13 heavy (non-hydrogen) atoms. The Morgan fingerprint density at radius 2 is 2.46 bits per heavy atom. The summed E-state index contributed by atoms with van der Waals surface area (Å²) in [5, 5.41) is 5.67. The average Bonchev–Trinajstić information content (AvgIpc) is 2.53. The fourth-order valence-corrected chi connectivity index (χ4v) is 2.82. The van der Waals surface area contributed by atoms with Gasteiger partial charge in [-0.3, -0.25) is 4.90 Å². The zero-order valence-corrected chi connectivity index (χ0v) is 9.03. The Kier molecular flexibility index (Phi) is 2.67. The van der Waals surface area contributed by atoms with Gasteiger partial charge in [0.05, 0.1) is 6.04 Å². The second-order valence-electron chi connectivity index (χ2n) is 3.73. The van der Waals surface area contributed by atoms with Gasteiger partial charge in [-0.15, -0.1) is 11.3 Å².